The summed E-state index contributed by atoms with van der Waals surface area (Å²) in [4.78, 5) is 128. The van der Waals surface area contributed by atoms with E-state index in [0.29, 0.717) is 50.1 Å². The molecule has 5 N–H and O–H groups in total. The van der Waals surface area contributed by atoms with Crippen LogP contribution in [0.4, 0.5) is 0 Å². The quantitative estimate of drug-likeness (QED) is 0.0103. The minimum Gasteiger partial charge on any atom is -0.508 e. The maximum absolute atomic E-state index is 15.0. The number of aromatic nitrogens is 1. The molecule has 95 heavy (non-hydrogen) atoms. The van der Waals surface area contributed by atoms with Crippen molar-refractivity contribution in [1.82, 2.24) is 30.7 Å². The molecule has 2 heterocycles. The van der Waals surface area contributed by atoms with Crippen molar-refractivity contribution in [3.05, 3.63) is 45.9 Å². The van der Waals surface area contributed by atoms with Gasteiger partial charge in [-0.05, 0) is 107 Å². The summed E-state index contributed by atoms with van der Waals surface area (Å²) in [6, 6.07) is 4.56. The van der Waals surface area contributed by atoms with Gasteiger partial charge in [0.15, 0.2) is 24.9 Å². The van der Waals surface area contributed by atoms with E-state index in [1.54, 1.807) is 47.4 Å². The number of ketones is 1. The number of nitrogens with zero attached hydrogens (tertiary/aromatic N) is 3. The number of phenolic OH excluding ortho intramolecular Hbond substituents is 1. The van der Waals surface area contributed by atoms with Crippen LogP contribution in [0.5, 0.6) is 5.75 Å². The number of unbranched alkanes of at least 4 members (excludes halogenated alkanes) is 8. The SMILES string of the molecule is CCCC(=O)OCN(C(=O)[C@@H](NC(=O)[C@H]1CCCCN1C)[C@H](C)CC)[C@H](C[C@@H](OC(C)=O)c1nc(C(=O)C[C@@H](Cc2ccc(O)cc2)C[C@H](C)C(=O)NCC(=O)OCSSCCCCCCCCCCCNC(=O)CCCC(=O)OCC(OC)OC(CC)CO)cs1)C(C)C. The number of benzene rings is 1. The molecule has 1 aromatic heterocycles. The average Bonchev–Trinajstić information content (AvgIpc) is 1.71. The molecule has 1 aliphatic rings. The first-order valence-electron chi connectivity index (χ1n) is 34.3. The molecule has 3 rings (SSSR count). The third-order valence-electron chi connectivity index (χ3n) is 17.0. The topological polar surface area (TPSA) is 305 Å². The summed E-state index contributed by atoms with van der Waals surface area (Å²) in [7, 11) is 6.41. The Labute approximate surface area is 576 Å². The summed E-state index contributed by atoms with van der Waals surface area (Å²) in [6.45, 7) is 14.8. The Kier molecular flexibility index (Phi) is 42.7. The zero-order valence-corrected chi connectivity index (χ0v) is 60.6. The van der Waals surface area contributed by atoms with Crippen LogP contribution in [0, 0.1) is 23.7 Å². The van der Waals surface area contributed by atoms with Gasteiger partial charge in [-0.15, -0.1) is 11.3 Å². The predicted octanol–water partition coefficient (Wildman–Crippen LogP) is 10.6. The van der Waals surface area contributed by atoms with Crippen molar-refractivity contribution in [1.29, 1.82) is 0 Å². The number of Topliss-reactive ketones (excluding diaryl/α,β-unsaturated/α-hetero) is 1. The molecule has 1 saturated heterocycles. The number of methoxy groups -OCH3 is 1. The van der Waals surface area contributed by atoms with E-state index in [1.165, 1.54) is 29.7 Å². The average molecular weight is 1390 g/mol. The molecular formula is C69H112N6O17S3. The second-order valence-electron chi connectivity index (χ2n) is 25.2. The summed E-state index contributed by atoms with van der Waals surface area (Å²) in [6.07, 6.45) is 13.4. The van der Waals surface area contributed by atoms with Gasteiger partial charge < -0.3 is 59.5 Å². The van der Waals surface area contributed by atoms with E-state index in [4.69, 9.17) is 33.4 Å². The first-order chi connectivity index (χ1) is 45.5. The van der Waals surface area contributed by atoms with E-state index >= 15 is 0 Å². The number of ether oxygens (including phenoxy) is 6. The number of carbonyl (C=O) groups excluding carboxylic acids is 9. The van der Waals surface area contributed by atoms with Gasteiger partial charge in [0.1, 0.15) is 41.6 Å². The first kappa shape index (κ1) is 83.8. The number of likely N-dealkylation sites (tertiary alicyclic amines) is 1. The Morgan fingerprint density at radius 2 is 1.48 bits per heavy atom. The number of hydrogen-bond donors (Lipinski definition) is 5. The number of phenols is 1. The van der Waals surface area contributed by atoms with Crippen LogP contribution in [0.25, 0.3) is 0 Å². The van der Waals surface area contributed by atoms with E-state index in [1.807, 2.05) is 53.5 Å². The minimum absolute atomic E-state index is 0.0162. The highest BCUT2D eigenvalue weighted by atomic mass is 33.1. The Balaban J connectivity index is 1.46. The molecule has 0 bridgehead atoms. The number of likely N-dealkylation sites (N-methyl/N-ethyl adjacent to an activating group) is 1. The minimum atomic E-state index is -1.03. The first-order valence-corrected chi connectivity index (χ1v) is 37.7. The maximum Gasteiger partial charge on any atom is 0.326 e. The predicted molar refractivity (Wildman–Crippen MR) is 369 cm³/mol. The molecule has 1 fully saturated rings. The van der Waals surface area contributed by atoms with Crippen molar-refractivity contribution in [2.75, 3.05) is 65.4 Å². The summed E-state index contributed by atoms with van der Waals surface area (Å²) in [5, 5.41) is 29.9. The monoisotopic (exact) mass is 1390 g/mol. The van der Waals surface area contributed by atoms with Gasteiger partial charge in [-0.1, -0.05) is 140 Å². The van der Waals surface area contributed by atoms with Crippen molar-refractivity contribution >= 4 is 86.2 Å². The van der Waals surface area contributed by atoms with Crippen molar-refractivity contribution < 1.29 is 81.8 Å². The van der Waals surface area contributed by atoms with Gasteiger partial charge in [-0.2, -0.15) is 0 Å². The lowest BCUT2D eigenvalue weighted by molar-refractivity contribution is -0.194. The van der Waals surface area contributed by atoms with Crippen LogP contribution in [0.1, 0.15) is 224 Å². The highest BCUT2D eigenvalue weighted by Crippen LogP contribution is 2.33. The molecule has 0 radical (unpaired) electrons. The van der Waals surface area contributed by atoms with Gasteiger partial charge >= 0.3 is 23.9 Å². The smallest absolute Gasteiger partial charge is 0.326 e. The number of aromatic hydroxyl groups is 1. The van der Waals surface area contributed by atoms with Gasteiger partial charge in [0, 0.05) is 75.8 Å². The summed E-state index contributed by atoms with van der Waals surface area (Å²) in [5.41, 5.74) is 0.957. The maximum atomic E-state index is 15.0. The molecule has 2 unspecified atom stereocenters. The largest absolute Gasteiger partial charge is 0.508 e. The van der Waals surface area contributed by atoms with E-state index in [9.17, 15) is 53.4 Å². The van der Waals surface area contributed by atoms with Crippen molar-refractivity contribution in [2.24, 2.45) is 23.7 Å². The van der Waals surface area contributed by atoms with Crippen molar-refractivity contribution in [3.63, 3.8) is 0 Å². The lowest BCUT2D eigenvalue weighted by atomic mass is 9.85. The summed E-state index contributed by atoms with van der Waals surface area (Å²) >= 11 is 1.13. The van der Waals surface area contributed by atoms with Gasteiger partial charge in [0.2, 0.25) is 23.6 Å². The molecule has 2 aromatic rings. The Hall–Kier alpha value is -5.38. The second-order valence-corrected chi connectivity index (χ2v) is 28.6. The highest BCUT2D eigenvalue weighted by Gasteiger charge is 2.40. The van der Waals surface area contributed by atoms with E-state index < -0.39 is 79.1 Å². The van der Waals surface area contributed by atoms with Crippen LogP contribution in [0.2, 0.25) is 0 Å². The van der Waals surface area contributed by atoms with Crippen LogP contribution in [-0.2, 0) is 73.2 Å². The fourth-order valence-electron chi connectivity index (χ4n) is 11.1. The van der Waals surface area contributed by atoms with E-state index in [0.717, 1.165) is 99.8 Å². The second kappa shape index (κ2) is 48.4. The number of aliphatic hydroxyl groups is 1. The standard InChI is InChI=1S/C69H112N6O17S3/c1-11-26-61(81)89-45-75(69(86)65(48(6)12-2)73-67(85)56-27-21-23-35-74(56)9)57(47(4)5)40-59(91-50(8)77)68-72-55(44-93-68)58(79)39-52(38-51-30-32-53(78)33-31-51)37-49(7)66(84)71-41-63(83)90-46-95-94-36-24-20-18-16-14-15-17-19-22-34-70-60(80)28-25-29-62(82)88-43-64(87-10)92-54(13-3)42-76/h30-33,44,47-49,52,54,56-57,59,64-65,76,78H,11-29,34-43,45-46H2,1-10H3,(H,70,80)(H,71,84)(H,73,85)/t48-,49+,52-,54?,56-,57-,59-,64?,65+/m1/s1. The third-order valence-corrected chi connectivity index (χ3v) is 20.0. The lowest BCUT2D eigenvalue weighted by Gasteiger charge is -2.39. The molecule has 0 saturated carbocycles. The third kappa shape index (κ3) is 34.1. The molecule has 23 nitrogen and oxygen atoms in total. The van der Waals surface area contributed by atoms with Gasteiger partial charge in [-0.3, -0.25) is 48.1 Å². The highest BCUT2D eigenvalue weighted by molar-refractivity contribution is 8.76. The zero-order chi connectivity index (χ0) is 70.1. The number of piperidine rings is 1. The number of thiazole rings is 1. The molecular weight excluding hydrogens is 1280 g/mol. The fourth-order valence-corrected chi connectivity index (χ4v) is 13.7. The fraction of sp³-hybridized carbons (Fsp3) is 0.739. The number of nitrogens with one attached hydrogen (secondary N) is 3. The van der Waals surface area contributed by atoms with E-state index in [-0.39, 0.29) is 117 Å². The summed E-state index contributed by atoms with van der Waals surface area (Å²) in [5.74, 6) is -4.02. The Morgan fingerprint density at radius 1 is 0.800 bits per heavy atom. The van der Waals surface area contributed by atoms with Crippen LogP contribution in [0.3, 0.4) is 0 Å². The van der Waals surface area contributed by atoms with E-state index in [2.05, 4.69) is 16.0 Å². The molecule has 26 heteroatoms. The number of carbonyl (C=O) groups is 9. The molecule has 538 valence electrons. The molecule has 4 amide bonds. The number of esters is 4. The van der Waals surface area contributed by atoms with Gasteiger partial charge in [0.05, 0.1) is 18.8 Å². The van der Waals surface area contributed by atoms with Crippen LogP contribution >= 0.6 is 32.9 Å². The van der Waals surface area contributed by atoms with Crippen molar-refractivity contribution in [3.8, 4) is 5.75 Å². The molecule has 1 aromatic carbocycles. The van der Waals surface area contributed by atoms with Crippen LogP contribution in [-0.4, -0.2) is 174 Å². The van der Waals surface area contributed by atoms with Crippen LogP contribution < -0.4 is 16.0 Å². The van der Waals surface area contributed by atoms with Crippen LogP contribution in [0.15, 0.2) is 29.6 Å². The number of amides is 4. The molecule has 1 aliphatic heterocycles. The number of hydrogen-bond acceptors (Lipinski definition) is 22. The Morgan fingerprint density at radius 3 is 2.12 bits per heavy atom. The number of rotatable bonds is 51. The summed E-state index contributed by atoms with van der Waals surface area (Å²) < 4.78 is 32.9. The van der Waals surface area contributed by atoms with Gasteiger partial charge in [-0.25, -0.2) is 4.98 Å². The lowest BCUT2D eigenvalue weighted by Crippen LogP contribution is -2.59. The normalized spacial score (nSPS) is 15.9. The molecule has 9 atom stereocenters. The van der Waals surface area contributed by atoms with Gasteiger partial charge in [0.25, 0.3) is 0 Å². The van der Waals surface area contributed by atoms with Crippen molar-refractivity contribution in [2.45, 2.75) is 240 Å². The molecule has 0 spiro atoms. The number of aliphatic hydroxyl groups excluding tert-OH is 1. The molecule has 0 aliphatic carbocycles. The zero-order valence-electron chi connectivity index (χ0n) is 58.2. The Bertz CT molecular complexity index is 2590.